The van der Waals surface area contributed by atoms with E-state index in [2.05, 4.69) is 5.32 Å². The van der Waals surface area contributed by atoms with Crippen LogP contribution in [0.3, 0.4) is 0 Å². The van der Waals surface area contributed by atoms with E-state index in [-0.39, 0.29) is 17.9 Å². The minimum atomic E-state index is -0.219. The highest BCUT2D eigenvalue weighted by atomic mass is 35.5. The number of esters is 1. The summed E-state index contributed by atoms with van der Waals surface area (Å²) >= 11 is 6.04. The van der Waals surface area contributed by atoms with Crippen LogP contribution in [-0.4, -0.2) is 19.1 Å². The van der Waals surface area contributed by atoms with E-state index in [0.717, 1.165) is 11.3 Å². The molecule has 1 aromatic rings. The Kier molecular flexibility index (Phi) is 4.82. The first-order valence-electron chi connectivity index (χ1n) is 5.56. The average Bonchev–Trinajstić information content (AvgIpc) is 2.31. The number of anilines is 1. The number of carbonyl (C=O) groups is 1. The lowest BCUT2D eigenvalue weighted by atomic mass is 10.0. The summed E-state index contributed by atoms with van der Waals surface area (Å²) in [4.78, 5) is 11.4. The maximum atomic E-state index is 11.4. The fourth-order valence-corrected chi connectivity index (χ4v) is 1.64. The summed E-state index contributed by atoms with van der Waals surface area (Å²) in [6.07, 6.45) is 0. The Hall–Kier alpha value is -1.22. The van der Waals surface area contributed by atoms with Gasteiger partial charge in [0, 0.05) is 16.8 Å². The second-order valence-electron chi connectivity index (χ2n) is 4.21. The molecule has 1 N–H and O–H groups in total. The number of halogens is 1. The Labute approximate surface area is 107 Å². The highest BCUT2D eigenvalue weighted by Crippen LogP contribution is 2.21. The highest BCUT2D eigenvalue weighted by molar-refractivity contribution is 6.31. The summed E-state index contributed by atoms with van der Waals surface area (Å²) in [5.41, 5.74) is 1.94. The predicted molar refractivity (Wildman–Crippen MR) is 70.5 cm³/mol. The first-order valence-corrected chi connectivity index (χ1v) is 5.94. The van der Waals surface area contributed by atoms with Gasteiger partial charge in [-0.3, -0.25) is 4.79 Å². The number of hydrogen-bond acceptors (Lipinski definition) is 3. The number of nitrogens with one attached hydrogen (secondary N) is 1. The van der Waals surface area contributed by atoms with E-state index in [9.17, 15) is 4.79 Å². The number of methoxy groups -OCH3 is 1. The van der Waals surface area contributed by atoms with Crippen molar-refractivity contribution in [3.63, 3.8) is 0 Å². The third-order valence-electron chi connectivity index (χ3n) is 2.89. The van der Waals surface area contributed by atoms with Crippen LogP contribution >= 0.6 is 11.6 Å². The van der Waals surface area contributed by atoms with E-state index in [0.29, 0.717) is 5.02 Å². The molecule has 1 rings (SSSR count). The molecule has 0 aliphatic rings. The number of carbonyl (C=O) groups excluding carboxylic acids is 1. The molecule has 0 spiro atoms. The molecule has 0 heterocycles. The van der Waals surface area contributed by atoms with Crippen molar-refractivity contribution in [3.05, 3.63) is 28.8 Å². The van der Waals surface area contributed by atoms with Gasteiger partial charge in [-0.25, -0.2) is 0 Å². The van der Waals surface area contributed by atoms with Gasteiger partial charge in [-0.15, -0.1) is 0 Å². The summed E-state index contributed by atoms with van der Waals surface area (Å²) in [6, 6.07) is 5.74. The van der Waals surface area contributed by atoms with Crippen LogP contribution in [0.4, 0.5) is 5.69 Å². The molecule has 0 bridgehead atoms. The van der Waals surface area contributed by atoms with Gasteiger partial charge in [-0.05, 0) is 38.5 Å². The molecule has 0 radical (unpaired) electrons. The second-order valence-corrected chi connectivity index (χ2v) is 4.62. The summed E-state index contributed by atoms with van der Waals surface area (Å²) < 4.78 is 4.71. The third kappa shape index (κ3) is 3.63. The Balaban J connectivity index is 2.70. The molecule has 0 saturated heterocycles. The summed E-state index contributed by atoms with van der Waals surface area (Å²) in [7, 11) is 1.40. The van der Waals surface area contributed by atoms with Crippen molar-refractivity contribution in [3.8, 4) is 0 Å². The van der Waals surface area contributed by atoms with Gasteiger partial charge in [0.25, 0.3) is 0 Å². The maximum absolute atomic E-state index is 11.4. The van der Waals surface area contributed by atoms with Gasteiger partial charge in [0.2, 0.25) is 0 Å². The molecule has 17 heavy (non-hydrogen) atoms. The summed E-state index contributed by atoms with van der Waals surface area (Å²) in [5, 5.41) is 3.96. The molecule has 2 atom stereocenters. The molecule has 3 nitrogen and oxygen atoms in total. The largest absolute Gasteiger partial charge is 0.469 e. The lowest BCUT2D eigenvalue weighted by molar-refractivity contribution is -0.145. The van der Waals surface area contributed by atoms with Crippen LogP contribution in [0.1, 0.15) is 19.4 Å². The highest BCUT2D eigenvalue weighted by Gasteiger charge is 2.20. The summed E-state index contributed by atoms with van der Waals surface area (Å²) in [6.45, 7) is 5.72. The minimum Gasteiger partial charge on any atom is -0.469 e. The van der Waals surface area contributed by atoms with Crippen molar-refractivity contribution in [1.29, 1.82) is 0 Å². The SMILES string of the molecule is COC(=O)C(C)C(C)Nc1ccc(C)c(Cl)c1. The smallest absolute Gasteiger partial charge is 0.310 e. The number of ether oxygens (including phenoxy) is 1. The Morgan fingerprint density at radius 2 is 2.06 bits per heavy atom. The van der Waals surface area contributed by atoms with Gasteiger partial charge in [-0.2, -0.15) is 0 Å². The van der Waals surface area contributed by atoms with Crippen LogP contribution in [-0.2, 0) is 9.53 Å². The monoisotopic (exact) mass is 255 g/mol. The molecule has 0 aromatic heterocycles. The first kappa shape index (κ1) is 13.8. The molecule has 4 heteroatoms. The number of aryl methyl sites for hydroxylation is 1. The van der Waals surface area contributed by atoms with E-state index in [1.54, 1.807) is 0 Å². The topological polar surface area (TPSA) is 38.3 Å². The van der Waals surface area contributed by atoms with E-state index in [4.69, 9.17) is 16.3 Å². The lowest BCUT2D eigenvalue weighted by Gasteiger charge is -2.20. The van der Waals surface area contributed by atoms with Crippen molar-refractivity contribution >= 4 is 23.3 Å². The molecule has 94 valence electrons. The minimum absolute atomic E-state index is 0.0128. The molecule has 0 fully saturated rings. The van der Waals surface area contributed by atoms with Gasteiger partial charge in [0.1, 0.15) is 0 Å². The van der Waals surface area contributed by atoms with E-state index < -0.39 is 0 Å². The molecule has 0 saturated carbocycles. The fourth-order valence-electron chi connectivity index (χ4n) is 1.46. The Bertz CT molecular complexity index is 406. The predicted octanol–water partition coefficient (Wildman–Crippen LogP) is 3.26. The first-order chi connectivity index (χ1) is 7.95. The standard InChI is InChI=1S/C13H18ClNO2/c1-8-5-6-11(7-12(8)14)15-10(3)9(2)13(16)17-4/h5-7,9-10,15H,1-4H3. The van der Waals surface area contributed by atoms with Gasteiger partial charge in [-0.1, -0.05) is 17.7 Å². The van der Waals surface area contributed by atoms with Gasteiger partial charge in [0.15, 0.2) is 0 Å². The van der Waals surface area contributed by atoms with Crippen LogP contribution in [0, 0.1) is 12.8 Å². The molecule has 0 aliphatic heterocycles. The van der Waals surface area contributed by atoms with Crippen molar-refractivity contribution in [1.82, 2.24) is 0 Å². The van der Waals surface area contributed by atoms with Crippen LogP contribution in [0.15, 0.2) is 18.2 Å². The normalized spacial score (nSPS) is 13.9. The van der Waals surface area contributed by atoms with Crippen LogP contribution in [0.5, 0.6) is 0 Å². The number of benzene rings is 1. The zero-order valence-corrected chi connectivity index (χ0v) is 11.3. The molecule has 0 aliphatic carbocycles. The molecular formula is C13H18ClNO2. The fraction of sp³-hybridized carbons (Fsp3) is 0.462. The molecule has 2 unspecified atom stereocenters. The number of rotatable bonds is 4. The van der Waals surface area contributed by atoms with Crippen LogP contribution < -0.4 is 5.32 Å². The molecular weight excluding hydrogens is 238 g/mol. The Morgan fingerprint density at radius 3 is 2.59 bits per heavy atom. The van der Waals surface area contributed by atoms with Crippen molar-refractivity contribution in [2.75, 3.05) is 12.4 Å². The summed E-state index contributed by atoms with van der Waals surface area (Å²) in [5.74, 6) is -0.428. The molecule has 0 amide bonds. The van der Waals surface area contributed by atoms with Gasteiger partial charge >= 0.3 is 5.97 Å². The van der Waals surface area contributed by atoms with E-state index >= 15 is 0 Å². The maximum Gasteiger partial charge on any atom is 0.310 e. The quantitative estimate of drug-likeness (QED) is 0.840. The molecule has 1 aromatic carbocycles. The van der Waals surface area contributed by atoms with E-state index in [1.165, 1.54) is 7.11 Å². The average molecular weight is 256 g/mol. The van der Waals surface area contributed by atoms with Crippen LogP contribution in [0.25, 0.3) is 0 Å². The van der Waals surface area contributed by atoms with Crippen molar-refractivity contribution < 1.29 is 9.53 Å². The zero-order valence-electron chi connectivity index (χ0n) is 10.6. The zero-order chi connectivity index (χ0) is 13.0. The van der Waals surface area contributed by atoms with Gasteiger partial charge < -0.3 is 10.1 Å². The third-order valence-corrected chi connectivity index (χ3v) is 3.30. The van der Waals surface area contributed by atoms with Gasteiger partial charge in [0.05, 0.1) is 13.0 Å². The number of hydrogen-bond donors (Lipinski definition) is 1. The Morgan fingerprint density at radius 1 is 1.41 bits per heavy atom. The van der Waals surface area contributed by atoms with E-state index in [1.807, 2.05) is 39.0 Å². The van der Waals surface area contributed by atoms with Crippen LogP contribution in [0.2, 0.25) is 5.02 Å². The van der Waals surface area contributed by atoms with Crippen molar-refractivity contribution in [2.24, 2.45) is 5.92 Å². The second kappa shape index (κ2) is 5.92. The lowest BCUT2D eigenvalue weighted by Crippen LogP contribution is -2.30. The van der Waals surface area contributed by atoms with Crippen molar-refractivity contribution in [2.45, 2.75) is 26.8 Å².